The number of hydrogen-bond donors (Lipinski definition) is 2. The van der Waals surface area contributed by atoms with Crippen LogP contribution in [-0.2, 0) is 27.1 Å². The lowest BCUT2D eigenvalue weighted by molar-refractivity contribution is -0.166. The van der Waals surface area contributed by atoms with Gasteiger partial charge in [0.1, 0.15) is 31.0 Å². The second-order valence-corrected chi connectivity index (χ2v) is 27.0. The summed E-state index contributed by atoms with van der Waals surface area (Å²) in [5.41, 5.74) is 2.35. The molecular formula is C40H57N3O10Si2. The summed E-state index contributed by atoms with van der Waals surface area (Å²) >= 11 is 0. The normalized spacial score (nSPS) is 19.3. The fourth-order valence-corrected chi connectivity index (χ4v) is 8.76. The van der Waals surface area contributed by atoms with E-state index in [0.29, 0.717) is 51.0 Å². The maximum Gasteiger partial charge on any atom is 0.407 e. The Labute approximate surface area is 327 Å². The molecule has 2 N–H and O–H groups in total. The van der Waals surface area contributed by atoms with Gasteiger partial charge in [0.15, 0.2) is 23.0 Å². The fourth-order valence-electron chi connectivity index (χ4n) is 6.74. The number of amides is 1. The lowest BCUT2D eigenvalue weighted by Crippen LogP contribution is -2.63. The van der Waals surface area contributed by atoms with Crippen molar-refractivity contribution < 1.29 is 47.2 Å². The first-order valence-electron chi connectivity index (χ1n) is 18.7. The maximum absolute atomic E-state index is 13.5. The van der Waals surface area contributed by atoms with Gasteiger partial charge in [-0.1, -0.05) is 54.2 Å². The molecule has 1 saturated heterocycles. The molecule has 3 aliphatic heterocycles. The third kappa shape index (κ3) is 7.99. The van der Waals surface area contributed by atoms with E-state index in [1.54, 1.807) is 18.9 Å². The molecule has 2 aromatic carbocycles. The first-order valence-corrected chi connectivity index (χ1v) is 24.5. The van der Waals surface area contributed by atoms with E-state index in [-0.39, 0.29) is 48.7 Å². The first-order chi connectivity index (χ1) is 25.6. The number of carbonyl (C=O) groups is 2. The molecule has 300 valence electrons. The molecule has 13 nitrogen and oxygen atoms in total. The van der Waals surface area contributed by atoms with Crippen LogP contribution in [0.1, 0.15) is 69.8 Å². The zero-order chi connectivity index (χ0) is 40.8. The van der Waals surface area contributed by atoms with Crippen LogP contribution in [0.25, 0.3) is 0 Å². The molecule has 3 aliphatic rings. The van der Waals surface area contributed by atoms with E-state index in [9.17, 15) is 20.0 Å². The SMILES string of the molecule is C=CCOC(=O)N[C@@H](Cc1cc(O[Si](C)(C)C(C)(C)C)c(OC)c(O[Si](C)(C)C(C)(C)C)c1)[C@H](C#N)N1[C@H]2Cc3c(O)c(C)c4c(c3[C@@H]1COC2=O)OCO4. The molecule has 0 unspecified atom stereocenters. The van der Waals surface area contributed by atoms with Crippen LogP contribution >= 0.6 is 0 Å². The zero-order valence-corrected chi connectivity index (χ0v) is 36.3. The summed E-state index contributed by atoms with van der Waals surface area (Å²) in [6, 6.07) is 2.52. The first kappa shape index (κ1) is 41.8. The molecule has 5 rings (SSSR count). The lowest BCUT2D eigenvalue weighted by atomic mass is 9.82. The lowest BCUT2D eigenvalue weighted by Gasteiger charge is -2.48. The van der Waals surface area contributed by atoms with Crippen LogP contribution in [0, 0.1) is 18.3 Å². The molecule has 2 bridgehead atoms. The van der Waals surface area contributed by atoms with Crippen LogP contribution in [0.2, 0.25) is 36.3 Å². The molecule has 0 spiro atoms. The number of carbonyl (C=O) groups excluding carboxylic acids is 2. The number of nitrogens with zero attached hydrogens (tertiary/aromatic N) is 2. The van der Waals surface area contributed by atoms with Crippen LogP contribution in [0.4, 0.5) is 4.79 Å². The van der Waals surface area contributed by atoms with Gasteiger partial charge in [0.25, 0.3) is 16.6 Å². The Kier molecular flexibility index (Phi) is 11.6. The molecule has 2 aromatic rings. The highest BCUT2D eigenvalue weighted by Crippen LogP contribution is 2.54. The van der Waals surface area contributed by atoms with E-state index in [1.165, 1.54) is 6.08 Å². The van der Waals surface area contributed by atoms with E-state index in [2.05, 4.69) is 85.7 Å². The smallest absolute Gasteiger partial charge is 0.407 e. The Morgan fingerprint density at radius 3 is 2.16 bits per heavy atom. The number of benzene rings is 2. The number of hydrogen-bond acceptors (Lipinski definition) is 12. The average molecular weight is 796 g/mol. The minimum absolute atomic E-state index is 0.0153. The molecular weight excluding hydrogens is 739 g/mol. The highest BCUT2D eigenvalue weighted by Gasteiger charge is 2.52. The summed E-state index contributed by atoms with van der Waals surface area (Å²) in [6.07, 6.45) is 0.859. The van der Waals surface area contributed by atoms with Gasteiger partial charge in [0.2, 0.25) is 12.5 Å². The van der Waals surface area contributed by atoms with Crippen molar-refractivity contribution in [1.82, 2.24) is 10.2 Å². The van der Waals surface area contributed by atoms with Crippen molar-refractivity contribution in [3.05, 3.63) is 47.0 Å². The highest BCUT2D eigenvalue weighted by molar-refractivity contribution is 6.75. The number of alkyl carbamates (subject to hydrolysis) is 1. The minimum atomic E-state index is -2.42. The number of fused-ring (bicyclic) bond motifs is 6. The summed E-state index contributed by atoms with van der Waals surface area (Å²) < 4.78 is 42.5. The Bertz CT molecular complexity index is 1830. The number of methoxy groups -OCH3 is 1. The molecule has 4 atom stereocenters. The molecule has 15 heteroatoms. The molecule has 1 amide bonds. The van der Waals surface area contributed by atoms with E-state index in [4.69, 9.17) is 32.5 Å². The van der Waals surface area contributed by atoms with Gasteiger partial charge in [-0.3, -0.25) is 9.69 Å². The fraction of sp³-hybridized carbons (Fsp3) is 0.575. The number of morpholine rings is 1. The standard InChI is InChI=1S/C40H57N3O10Si2/c1-14-15-48-38(46)42-26(16-24-17-30(52-54(10,11)39(3,4)5)35(47-9)31(18-24)53-55(12,13)40(6,7)8)28(20-41)43-27-19-25-32(29(43)21-49-37(27)45)36-34(50-22-51-36)23(2)33(25)44/h14,17-18,26-29,44H,1,15-16,19,21-22H2,2-13H3,(H,42,46)/t26-,27-,28-,29-/m0/s1. The van der Waals surface area contributed by atoms with Crippen molar-refractivity contribution in [2.75, 3.05) is 27.1 Å². The van der Waals surface area contributed by atoms with Gasteiger partial charge >= 0.3 is 12.1 Å². The van der Waals surface area contributed by atoms with E-state index < -0.39 is 52.9 Å². The number of phenolic OH excluding ortho intramolecular Hbond substituents is 1. The van der Waals surface area contributed by atoms with Crippen LogP contribution in [0.3, 0.4) is 0 Å². The third-order valence-electron chi connectivity index (χ3n) is 11.8. The van der Waals surface area contributed by atoms with Gasteiger partial charge in [-0.2, -0.15) is 5.26 Å². The Hall–Kier alpha value is -4.40. The molecule has 0 aromatic heterocycles. The Balaban J connectivity index is 1.66. The van der Waals surface area contributed by atoms with Crippen molar-refractivity contribution >= 4 is 28.7 Å². The number of nitrogens with one attached hydrogen (secondary N) is 1. The number of nitriles is 1. The summed E-state index contributed by atoms with van der Waals surface area (Å²) in [6.45, 7) is 26.7. The molecule has 0 saturated carbocycles. The van der Waals surface area contributed by atoms with Gasteiger partial charge in [-0.25, -0.2) is 4.79 Å². The summed E-state index contributed by atoms with van der Waals surface area (Å²) in [4.78, 5) is 28.7. The van der Waals surface area contributed by atoms with Crippen LogP contribution < -0.4 is 28.4 Å². The van der Waals surface area contributed by atoms with Crippen molar-refractivity contribution in [2.45, 2.75) is 122 Å². The van der Waals surface area contributed by atoms with Gasteiger partial charge < -0.3 is 43.0 Å². The molecule has 55 heavy (non-hydrogen) atoms. The predicted octanol–water partition coefficient (Wildman–Crippen LogP) is 7.45. The predicted molar refractivity (Wildman–Crippen MR) is 212 cm³/mol. The zero-order valence-electron chi connectivity index (χ0n) is 34.3. The quantitative estimate of drug-likeness (QED) is 0.124. The highest BCUT2D eigenvalue weighted by atomic mass is 28.4. The Morgan fingerprint density at radius 1 is 1.05 bits per heavy atom. The maximum atomic E-state index is 13.5. The van der Waals surface area contributed by atoms with Crippen molar-refractivity contribution in [3.63, 3.8) is 0 Å². The largest absolute Gasteiger partial charge is 0.541 e. The monoisotopic (exact) mass is 795 g/mol. The van der Waals surface area contributed by atoms with Crippen LogP contribution in [0.15, 0.2) is 24.8 Å². The van der Waals surface area contributed by atoms with Crippen LogP contribution in [0.5, 0.6) is 34.5 Å². The second kappa shape index (κ2) is 15.3. The number of esters is 1. The molecule has 0 aliphatic carbocycles. The molecule has 0 radical (unpaired) electrons. The van der Waals surface area contributed by atoms with Gasteiger partial charge in [-0.15, -0.1) is 0 Å². The van der Waals surface area contributed by atoms with Crippen LogP contribution in [-0.4, -0.2) is 83.9 Å². The molecule has 3 heterocycles. The van der Waals surface area contributed by atoms with Crippen molar-refractivity contribution in [3.8, 4) is 40.6 Å². The van der Waals surface area contributed by atoms with E-state index in [0.717, 1.165) is 0 Å². The number of cyclic esters (lactones) is 1. The average Bonchev–Trinajstić information content (AvgIpc) is 3.57. The number of ether oxygens (including phenoxy) is 5. The van der Waals surface area contributed by atoms with Crippen molar-refractivity contribution in [2.24, 2.45) is 0 Å². The van der Waals surface area contributed by atoms with Crippen molar-refractivity contribution in [1.29, 1.82) is 5.26 Å². The summed E-state index contributed by atoms with van der Waals surface area (Å²) in [5, 5.41) is 25.0. The third-order valence-corrected chi connectivity index (χ3v) is 20.5. The number of rotatable bonds is 12. The molecule has 1 fully saturated rings. The minimum Gasteiger partial charge on any atom is -0.541 e. The second-order valence-electron chi connectivity index (χ2n) is 17.5. The number of aromatic hydroxyl groups is 1. The van der Waals surface area contributed by atoms with E-state index in [1.807, 2.05) is 12.1 Å². The van der Waals surface area contributed by atoms with Gasteiger partial charge in [0, 0.05) is 23.1 Å². The topological polar surface area (TPSA) is 158 Å². The van der Waals surface area contributed by atoms with Gasteiger partial charge in [0.05, 0.1) is 25.3 Å². The number of phenols is 1. The van der Waals surface area contributed by atoms with Gasteiger partial charge in [-0.05, 0) is 67.3 Å². The summed E-state index contributed by atoms with van der Waals surface area (Å²) in [7, 11) is -3.25. The Morgan fingerprint density at radius 2 is 1.64 bits per heavy atom. The van der Waals surface area contributed by atoms with E-state index >= 15 is 0 Å². The summed E-state index contributed by atoms with van der Waals surface area (Å²) in [5.74, 6) is 1.82.